The lowest BCUT2D eigenvalue weighted by Crippen LogP contribution is -2.55. The van der Waals surface area contributed by atoms with Crippen LogP contribution in [0.3, 0.4) is 0 Å². The second kappa shape index (κ2) is 10.5. The molecule has 0 fully saturated rings. The minimum absolute atomic E-state index is 0.0815. The summed E-state index contributed by atoms with van der Waals surface area (Å²) in [5.74, 6) is -1.42. The third kappa shape index (κ3) is 5.14. The smallest absolute Gasteiger partial charge is 0.416 e. The Kier molecular flexibility index (Phi) is 7.99. The van der Waals surface area contributed by atoms with Crippen molar-refractivity contribution < 1.29 is 32.3 Å². The van der Waals surface area contributed by atoms with Gasteiger partial charge in [0.25, 0.3) is 0 Å². The number of hydrogen-bond acceptors (Lipinski definition) is 6. The van der Waals surface area contributed by atoms with Gasteiger partial charge in [0.2, 0.25) is 5.96 Å². The van der Waals surface area contributed by atoms with Crippen molar-refractivity contribution in [3.63, 3.8) is 0 Å². The number of methoxy groups -OCH3 is 1. The number of nitrogens with zero attached hydrogens (tertiary/aromatic N) is 3. The molecule has 3 rings (SSSR count). The first-order chi connectivity index (χ1) is 16.5. The van der Waals surface area contributed by atoms with E-state index in [0.717, 1.165) is 35.1 Å². The number of rotatable bonds is 3. The first-order valence-corrected chi connectivity index (χ1v) is 9.73. The van der Waals surface area contributed by atoms with Crippen molar-refractivity contribution in [2.45, 2.75) is 19.1 Å². The number of hydrogen-bond donors (Lipinski definition) is 2. The predicted octanol–water partition coefficient (Wildman–Crippen LogP) is 3.72. The van der Waals surface area contributed by atoms with Crippen LogP contribution < -0.4 is 10.6 Å². The van der Waals surface area contributed by atoms with Crippen molar-refractivity contribution in [3.05, 3.63) is 76.5 Å². The lowest BCUT2D eigenvalue weighted by Gasteiger charge is -2.42. The number of nitriles is 1. The second-order valence-electron chi connectivity index (χ2n) is 7.04. The summed E-state index contributed by atoms with van der Waals surface area (Å²) >= 11 is 0. The van der Waals surface area contributed by atoms with Crippen LogP contribution in [0.4, 0.5) is 23.7 Å². The van der Waals surface area contributed by atoms with E-state index < -0.39 is 35.7 Å². The standard InChI is InChI=1S/C22H18F3N5O3.CH2O/c1-12-17(19(31)33-2)18(14-8-6-13(11-26)7-9-14)30(21(28)32)20(27)29(12)16-5-3-4-15(10-16)22(23,24)25;1-2/h3-10,18,27H,1-2H3,(H2,28,32);1H2. The van der Waals surface area contributed by atoms with E-state index >= 15 is 0 Å². The highest BCUT2D eigenvalue weighted by Gasteiger charge is 2.43. The van der Waals surface area contributed by atoms with E-state index in [1.54, 1.807) is 0 Å². The number of urea groups is 1. The number of allylic oxidation sites excluding steroid dienone is 1. The summed E-state index contributed by atoms with van der Waals surface area (Å²) in [6, 6.07) is 9.66. The SMILES string of the molecule is C=O.COC(=O)C1=C(C)N(c2cccc(C(F)(F)F)c2)C(=N)N(C(N)=O)C1c1ccc(C#N)cc1. The molecule has 0 spiro atoms. The highest BCUT2D eigenvalue weighted by molar-refractivity contribution is 6.10. The first kappa shape index (κ1) is 26.6. The Bertz CT molecular complexity index is 1220. The molecule has 12 heteroatoms. The largest absolute Gasteiger partial charge is 0.466 e. The summed E-state index contributed by atoms with van der Waals surface area (Å²) in [6.45, 7) is 3.43. The van der Waals surface area contributed by atoms with Gasteiger partial charge in [0.05, 0.1) is 29.9 Å². The van der Waals surface area contributed by atoms with Crippen LogP contribution in [0, 0.1) is 16.7 Å². The zero-order chi connectivity index (χ0) is 26.5. The number of alkyl halides is 3. The number of carbonyl (C=O) groups excluding carboxylic acids is 3. The number of esters is 1. The molecule has 0 radical (unpaired) electrons. The van der Waals surface area contributed by atoms with Gasteiger partial charge in [0.1, 0.15) is 12.8 Å². The number of carbonyl (C=O) groups is 3. The Morgan fingerprint density at radius 2 is 1.77 bits per heavy atom. The van der Waals surface area contributed by atoms with Gasteiger partial charge in [-0.3, -0.25) is 15.2 Å². The number of primary amides is 1. The van der Waals surface area contributed by atoms with Crippen molar-refractivity contribution in [2.75, 3.05) is 12.0 Å². The van der Waals surface area contributed by atoms with E-state index in [2.05, 4.69) is 0 Å². The maximum absolute atomic E-state index is 13.3. The molecular formula is C23H20F3N5O4. The second-order valence-corrected chi connectivity index (χ2v) is 7.04. The van der Waals surface area contributed by atoms with Crippen LogP contribution >= 0.6 is 0 Å². The van der Waals surface area contributed by atoms with Gasteiger partial charge in [-0.25, -0.2) is 9.59 Å². The summed E-state index contributed by atoms with van der Waals surface area (Å²) in [4.78, 5) is 35.0. The van der Waals surface area contributed by atoms with Crippen LogP contribution in [0.25, 0.3) is 0 Å². The fraction of sp³-hybridized carbons (Fsp3) is 0.174. The van der Waals surface area contributed by atoms with E-state index in [9.17, 15) is 22.8 Å². The van der Waals surface area contributed by atoms with E-state index in [1.807, 2.05) is 12.9 Å². The Morgan fingerprint density at radius 3 is 2.26 bits per heavy atom. The normalized spacial score (nSPS) is 15.7. The zero-order valence-corrected chi connectivity index (χ0v) is 18.6. The first-order valence-electron chi connectivity index (χ1n) is 9.73. The summed E-state index contributed by atoms with van der Waals surface area (Å²) < 4.78 is 44.7. The highest BCUT2D eigenvalue weighted by Crippen LogP contribution is 2.40. The van der Waals surface area contributed by atoms with Crippen molar-refractivity contribution in [1.29, 1.82) is 10.7 Å². The Morgan fingerprint density at radius 1 is 1.17 bits per heavy atom. The van der Waals surface area contributed by atoms with Gasteiger partial charge in [-0.2, -0.15) is 18.4 Å². The Balaban J connectivity index is 0.00000210. The molecule has 1 unspecified atom stereocenters. The van der Waals surface area contributed by atoms with E-state index in [4.69, 9.17) is 25.9 Å². The predicted molar refractivity (Wildman–Crippen MR) is 119 cm³/mol. The van der Waals surface area contributed by atoms with Crippen LogP contribution in [-0.4, -0.2) is 36.8 Å². The maximum atomic E-state index is 13.3. The van der Waals surface area contributed by atoms with Gasteiger partial charge in [-0.1, -0.05) is 18.2 Å². The molecular weight excluding hydrogens is 467 g/mol. The molecule has 3 N–H and O–H groups in total. The molecule has 1 heterocycles. The molecule has 2 aromatic carbocycles. The number of nitrogens with one attached hydrogen (secondary N) is 1. The van der Waals surface area contributed by atoms with Gasteiger partial charge in [0, 0.05) is 11.4 Å². The average molecular weight is 487 g/mol. The van der Waals surface area contributed by atoms with Crippen molar-refractivity contribution >= 4 is 30.4 Å². The molecule has 2 amide bonds. The molecule has 1 atom stereocenters. The van der Waals surface area contributed by atoms with E-state index in [1.165, 1.54) is 37.3 Å². The third-order valence-corrected chi connectivity index (χ3v) is 5.13. The van der Waals surface area contributed by atoms with Crippen LogP contribution in [0.1, 0.15) is 29.7 Å². The number of ether oxygens (including phenoxy) is 1. The van der Waals surface area contributed by atoms with Gasteiger partial charge >= 0.3 is 18.2 Å². The minimum Gasteiger partial charge on any atom is -0.466 e. The minimum atomic E-state index is -4.65. The summed E-state index contributed by atoms with van der Waals surface area (Å²) in [5, 5.41) is 17.6. The number of guanidine groups is 1. The van der Waals surface area contributed by atoms with Crippen molar-refractivity contribution in [1.82, 2.24) is 4.90 Å². The van der Waals surface area contributed by atoms with E-state index in [-0.39, 0.29) is 17.0 Å². The topological polar surface area (TPSA) is 141 Å². The van der Waals surface area contributed by atoms with Crippen LogP contribution in [-0.2, 0) is 20.5 Å². The summed E-state index contributed by atoms with van der Waals surface area (Å²) in [6.07, 6.45) is -4.65. The number of anilines is 1. The van der Waals surface area contributed by atoms with Crippen molar-refractivity contribution in [2.24, 2.45) is 5.73 Å². The lowest BCUT2D eigenvalue weighted by atomic mass is 9.92. The van der Waals surface area contributed by atoms with Crippen molar-refractivity contribution in [3.8, 4) is 6.07 Å². The molecule has 1 aliphatic heterocycles. The number of benzene rings is 2. The number of amides is 2. The van der Waals surface area contributed by atoms with Crippen LogP contribution in [0.2, 0.25) is 0 Å². The maximum Gasteiger partial charge on any atom is 0.416 e. The molecule has 0 aliphatic carbocycles. The van der Waals surface area contributed by atoms with Crippen LogP contribution in [0.15, 0.2) is 59.8 Å². The molecule has 1 aliphatic rings. The fourth-order valence-electron chi connectivity index (χ4n) is 3.63. The van der Waals surface area contributed by atoms with E-state index in [0.29, 0.717) is 11.1 Å². The summed E-state index contributed by atoms with van der Waals surface area (Å²) in [5.41, 5.74) is 5.12. The molecule has 0 aromatic heterocycles. The number of nitrogens with two attached hydrogens (primary N) is 1. The fourth-order valence-corrected chi connectivity index (χ4v) is 3.63. The molecule has 182 valence electrons. The van der Waals surface area contributed by atoms with Crippen LogP contribution in [0.5, 0.6) is 0 Å². The molecule has 0 saturated heterocycles. The molecule has 9 nitrogen and oxygen atoms in total. The summed E-state index contributed by atoms with van der Waals surface area (Å²) in [7, 11) is 1.11. The number of halogens is 3. The highest BCUT2D eigenvalue weighted by atomic mass is 19.4. The average Bonchev–Trinajstić information content (AvgIpc) is 2.84. The molecule has 35 heavy (non-hydrogen) atoms. The lowest BCUT2D eigenvalue weighted by molar-refractivity contribution is -0.138. The van der Waals surface area contributed by atoms with Gasteiger partial charge in [0.15, 0.2) is 0 Å². The van der Waals surface area contributed by atoms with Gasteiger partial charge in [-0.05, 0) is 42.8 Å². The van der Waals surface area contributed by atoms with Gasteiger partial charge in [-0.15, -0.1) is 0 Å². The molecule has 2 aromatic rings. The molecule has 0 bridgehead atoms. The Hall–Kier alpha value is -4.66. The third-order valence-electron chi connectivity index (χ3n) is 5.13. The Labute approximate surface area is 198 Å². The molecule has 0 saturated carbocycles. The van der Waals surface area contributed by atoms with Gasteiger partial charge < -0.3 is 15.3 Å². The quantitative estimate of drug-likeness (QED) is 0.633. The zero-order valence-electron chi connectivity index (χ0n) is 18.6. The monoisotopic (exact) mass is 487 g/mol.